The maximum atomic E-state index is 12.5. The Morgan fingerprint density at radius 2 is 1.75 bits per heavy atom. The Morgan fingerprint density at radius 1 is 1.04 bits per heavy atom. The molecule has 5 nitrogen and oxygen atoms in total. The lowest BCUT2D eigenvalue weighted by molar-refractivity contribution is -0.117. The van der Waals surface area contributed by atoms with E-state index in [2.05, 4.69) is 11.9 Å². The van der Waals surface area contributed by atoms with Crippen LogP contribution in [0, 0.1) is 0 Å². The van der Waals surface area contributed by atoms with Crippen molar-refractivity contribution in [3.8, 4) is 0 Å². The van der Waals surface area contributed by atoms with E-state index in [4.69, 9.17) is 4.74 Å². The second-order valence-electron chi connectivity index (χ2n) is 6.38. The minimum Gasteiger partial charge on any atom is -0.462 e. The summed E-state index contributed by atoms with van der Waals surface area (Å²) in [4.78, 5) is 29.5. The number of hydrogen-bond acceptors (Lipinski definition) is 4. The monoisotopic (exact) mass is 396 g/mol. The molecular formula is C22H24N2O3S. The first kappa shape index (κ1) is 20.0. The Balaban J connectivity index is 1.91. The lowest BCUT2D eigenvalue weighted by Crippen LogP contribution is -2.16. The van der Waals surface area contributed by atoms with E-state index in [9.17, 15) is 9.59 Å². The van der Waals surface area contributed by atoms with Crippen molar-refractivity contribution < 1.29 is 14.3 Å². The molecule has 0 bridgehead atoms. The number of thiazole rings is 1. The molecule has 0 aliphatic rings. The average Bonchev–Trinajstić information content (AvgIpc) is 3.04. The number of carbonyl (C=O) groups is 2. The molecule has 2 aromatic carbocycles. The Hall–Kier alpha value is -2.73. The zero-order valence-corrected chi connectivity index (χ0v) is 17.2. The summed E-state index contributed by atoms with van der Waals surface area (Å²) < 4.78 is 7.97. The molecule has 0 radical (unpaired) electrons. The van der Waals surface area contributed by atoms with Gasteiger partial charge in [0.15, 0.2) is 4.80 Å². The molecule has 6 heteroatoms. The highest BCUT2D eigenvalue weighted by molar-refractivity contribution is 7.16. The number of benzene rings is 2. The van der Waals surface area contributed by atoms with E-state index in [0.717, 1.165) is 22.2 Å². The van der Waals surface area contributed by atoms with Crippen molar-refractivity contribution in [3.63, 3.8) is 0 Å². The largest absolute Gasteiger partial charge is 0.462 e. The number of rotatable bonds is 6. The van der Waals surface area contributed by atoms with Crippen molar-refractivity contribution in [2.24, 2.45) is 4.99 Å². The molecular weight excluding hydrogens is 372 g/mol. The van der Waals surface area contributed by atoms with Crippen molar-refractivity contribution in [2.45, 2.75) is 40.2 Å². The predicted molar refractivity (Wildman–Crippen MR) is 112 cm³/mol. The van der Waals surface area contributed by atoms with E-state index in [1.54, 1.807) is 19.1 Å². The lowest BCUT2D eigenvalue weighted by atomic mass is 10.1. The van der Waals surface area contributed by atoms with E-state index in [1.807, 2.05) is 41.8 Å². The van der Waals surface area contributed by atoms with Crippen LogP contribution in [0.2, 0.25) is 0 Å². The number of ether oxygens (including phenoxy) is 1. The predicted octanol–water partition coefficient (Wildman–Crippen LogP) is 4.13. The third-order valence-corrected chi connectivity index (χ3v) is 5.56. The number of esters is 1. The van der Waals surface area contributed by atoms with Crippen LogP contribution in [0.3, 0.4) is 0 Å². The van der Waals surface area contributed by atoms with Crippen molar-refractivity contribution in [3.05, 3.63) is 64.0 Å². The minimum absolute atomic E-state index is 0.177. The number of nitrogens with zero attached hydrogens (tertiary/aromatic N) is 2. The fourth-order valence-electron chi connectivity index (χ4n) is 3.02. The zero-order chi connectivity index (χ0) is 20.1. The van der Waals surface area contributed by atoms with Gasteiger partial charge in [-0.3, -0.25) is 4.79 Å². The maximum absolute atomic E-state index is 12.5. The molecule has 1 amide bonds. The van der Waals surface area contributed by atoms with Gasteiger partial charge in [0, 0.05) is 6.54 Å². The van der Waals surface area contributed by atoms with Crippen LogP contribution in [0.25, 0.3) is 10.2 Å². The van der Waals surface area contributed by atoms with E-state index < -0.39 is 0 Å². The van der Waals surface area contributed by atoms with Gasteiger partial charge in [-0.15, -0.1) is 0 Å². The molecule has 0 N–H and O–H groups in total. The molecule has 0 fully saturated rings. The number of hydrogen-bond donors (Lipinski definition) is 0. The quantitative estimate of drug-likeness (QED) is 0.589. The van der Waals surface area contributed by atoms with Crippen LogP contribution in [-0.2, 0) is 28.9 Å². The Bertz CT molecular complexity index is 1060. The lowest BCUT2D eigenvalue weighted by Gasteiger charge is -2.03. The molecule has 3 aromatic rings. The number of fused-ring (bicyclic) bond motifs is 1. The number of aromatic nitrogens is 1. The first-order valence-corrected chi connectivity index (χ1v) is 10.3. The van der Waals surface area contributed by atoms with Gasteiger partial charge in [0.25, 0.3) is 5.91 Å². The molecule has 1 aromatic heterocycles. The molecule has 3 rings (SSSR count). The van der Waals surface area contributed by atoms with Crippen molar-refractivity contribution >= 4 is 33.4 Å². The normalized spacial score (nSPS) is 11.8. The summed E-state index contributed by atoms with van der Waals surface area (Å²) in [6, 6.07) is 13.5. The Labute approximate surface area is 168 Å². The zero-order valence-electron chi connectivity index (χ0n) is 16.4. The van der Waals surface area contributed by atoms with Gasteiger partial charge < -0.3 is 9.30 Å². The fraction of sp³-hybridized carbons (Fsp3) is 0.318. The number of aryl methyl sites for hydroxylation is 2. The number of carbonyl (C=O) groups excluding carboxylic acids is 2. The third-order valence-electron chi connectivity index (χ3n) is 4.52. The molecule has 0 saturated heterocycles. The topological polar surface area (TPSA) is 60.7 Å². The van der Waals surface area contributed by atoms with Gasteiger partial charge in [-0.1, -0.05) is 42.5 Å². The van der Waals surface area contributed by atoms with Crippen LogP contribution in [0.4, 0.5) is 0 Å². The highest BCUT2D eigenvalue weighted by Gasteiger charge is 2.12. The van der Waals surface area contributed by atoms with Crippen molar-refractivity contribution in [1.82, 2.24) is 4.57 Å². The van der Waals surface area contributed by atoms with E-state index in [-0.39, 0.29) is 18.3 Å². The highest BCUT2D eigenvalue weighted by Crippen LogP contribution is 2.20. The van der Waals surface area contributed by atoms with Crippen LogP contribution >= 0.6 is 11.3 Å². The van der Waals surface area contributed by atoms with Gasteiger partial charge >= 0.3 is 5.97 Å². The molecule has 0 saturated carbocycles. The van der Waals surface area contributed by atoms with Gasteiger partial charge in [0.05, 0.1) is 28.8 Å². The maximum Gasteiger partial charge on any atom is 0.338 e. The van der Waals surface area contributed by atoms with Crippen LogP contribution in [0.1, 0.15) is 42.3 Å². The third kappa shape index (κ3) is 4.39. The minimum atomic E-state index is -0.342. The van der Waals surface area contributed by atoms with E-state index in [0.29, 0.717) is 23.5 Å². The summed E-state index contributed by atoms with van der Waals surface area (Å²) in [6.07, 6.45) is 1.25. The molecule has 0 aliphatic heterocycles. The number of amides is 1. The average molecular weight is 397 g/mol. The summed E-state index contributed by atoms with van der Waals surface area (Å²) in [5.74, 6) is -0.519. The van der Waals surface area contributed by atoms with Gasteiger partial charge in [-0.25, -0.2) is 4.79 Å². The standard InChI is InChI=1S/C22H24N2O3S/c1-4-15-7-9-16(10-8-15)13-20(25)23-22-24(5-2)18-12-11-17(14-19(18)28-22)21(26)27-6-3/h7-12,14H,4-6,13H2,1-3H3. The first-order valence-electron chi connectivity index (χ1n) is 9.51. The molecule has 28 heavy (non-hydrogen) atoms. The van der Waals surface area contributed by atoms with Crippen molar-refractivity contribution in [2.75, 3.05) is 6.61 Å². The molecule has 146 valence electrons. The first-order chi connectivity index (χ1) is 13.5. The Kier molecular flexibility index (Phi) is 6.41. The summed E-state index contributed by atoms with van der Waals surface area (Å²) in [6.45, 7) is 6.93. The molecule has 0 aliphatic carbocycles. The summed E-state index contributed by atoms with van der Waals surface area (Å²) in [5.41, 5.74) is 3.67. The van der Waals surface area contributed by atoms with Crippen LogP contribution in [-0.4, -0.2) is 23.1 Å². The molecule has 0 spiro atoms. The van der Waals surface area contributed by atoms with E-state index in [1.165, 1.54) is 16.9 Å². The van der Waals surface area contributed by atoms with Crippen LogP contribution in [0.15, 0.2) is 47.5 Å². The second kappa shape index (κ2) is 8.97. The second-order valence-corrected chi connectivity index (χ2v) is 7.39. The Morgan fingerprint density at radius 3 is 2.39 bits per heavy atom. The van der Waals surface area contributed by atoms with Gasteiger partial charge in [-0.05, 0) is 49.6 Å². The SMILES string of the molecule is CCOC(=O)c1ccc2c(c1)sc(=NC(=O)Cc1ccc(CC)cc1)n2CC. The van der Waals surface area contributed by atoms with E-state index >= 15 is 0 Å². The smallest absolute Gasteiger partial charge is 0.338 e. The molecule has 0 atom stereocenters. The van der Waals surface area contributed by atoms with Gasteiger partial charge in [-0.2, -0.15) is 4.99 Å². The van der Waals surface area contributed by atoms with Crippen molar-refractivity contribution in [1.29, 1.82) is 0 Å². The molecule has 0 unspecified atom stereocenters. The van der Waals surface area contributed by atoms with Gasteiger partial charge in [0.1, 0.15) is 0 Å². The summed E-state index contributed by atoms with van der Waals surface area (Å²) in [5, 5.41) is 0. The summed E-state index contributed by atoms with van der Waals surface area (Å²) >= 11 is 1.41. The highest BCUT2D eigenvalue weighted by atomic mass is 32.1. The summed E-state index contributed by atoms with van der Waals surface area (Å²) in [7, 11) is 0. The molecule has 1 heterocycles. The van der Waals surface area contributed by atoms with Crippen LogP contribution in [0.5, 0.6) is 0 Å². The van der Waals surface area contributed by atoms with Crippen LogP contribution < -0.4 is 4.80 Å². The fourth-order valence-corrected chi connectivity index (χ4v) is 4.17. The van der Waals surface area contributed by atoms with Gasteiger partial charge in [0.2, 0.25) is 0 Å².